The highest BCUT2D eigenvalue weighted by molar-refractivity contribution is 5.85. The van der Waals surface area contributed by atoms with E-state index in [0.717, 1.165) is 25.7 Å². The van der Waals surface area contributed by atoms with Crippen molar-refractivity contribution in [2.24, 2.45) is 11.3 Å². The summed E-state index contributed by atoms with van der Waals surface area (Å²) in [5.41, 5.74) is -0.153. The normalized spacial score (nSPS) is 23.5. The summed E-state index contributed by atoms with van der Waals surface area (Å²) in [6, 6.07) is 0. The van der Waals surface area contributed by atoms with Crippen molar-refractivity contribution >= 4 is 5.78 Å². The van der Waals surface area contributed by atoms with E-state index in [1.165, 1.54) is 6.42 Å². The molecule has 0 spiro atoms. The molecule has 0 amide bonds. The molecule has 0 bridgehead atoms. The summed E-state index contributed by atoms with van der Waals surface area (Å²) in [4.78, 5) is 11.7. The first-order chi connectivity index (χ1) is 6.47. The second-order valence-corrected chi connectivity index (χ2v) is 5.17. The first-order valence-electron chi connectivity index (χ1n) is 5.69. The van der Waals surface area contributed by atoms with Gasteiger partial charge in [-0.2, -0.15) is 0 Å². The maximum Gasteiger partial charge on any atom is 0.164 e. The molecule has 0 aromatic carbocycles. The zero-order valence-electron chi connectivity index (χ0n) is 9.55. The molecule has 1 N–H and O–H groups in total. The summed E-state index contributed by atoms with van der Waals surface area (Å²) >= 11 is 0. The van der Waals surface area contributed by atoms with Crippen LogP contribution in [0.2, 0.25) is 0 Å². The fourth-order valence-corrected chi connectivity index (χ4v) is 2.29. The first-order valence-corrected chi connectivity index (χ1v) is 5.69. The van der Waals surface area contributed by atoms with Gasteiger partial charge >= 0.3 is 0 Å². The van der Waals surface area contributed by atoms with Gasteiger partial charge in [0.25, 0.3) is 0 Å². The Kier molecular flexibility index (Phi) is 3.71. The van der Waals surface area contributed by atoms with Gasteiger partial charge < -0.3 is 5.11 Å². The van der Waals surface area contributed by atoms with Gasteiger partial charge in [0.1, 0.15) is 6.10 Å². The van der Waals surface area contributed by atoms with E-state index in [1.807, 2.05) is 13.8 Å². The van der Waals surface area contributed by atoms with Crippen LogP contribution in [0.25, 0.3) is 0 Å². The Balaban J connectivity index is 2.65. The van der Waals surface area contributed by atoms with Crippen LogP contribution in [0.3, 0.4) is 0 Å². The van der Waals surface area contributed by atoms with E-state index in [0.29, 0.717) is 0 Å². The van der Waals surface area contributed by atoms with Crippen molar-refractivity contribution in [3.63, 3.8) is 0 Å². The number of hydrogen-bond acceptors (Lipinski definition) is 2. The highest BCUT2D eigenvalue weighted by atomic mass is 16.3. The molecule has 1 atom stereocenters. The molecule has 0 aromatic heterocycles. The monoisotopic (exact) mass is 198 g/mol. The average molecular weight is 198 g/mol. The summed E-state index contributed by atoms with van der Waals surface area (Å²) in [5, 5.41) is 10.0. The number of aliphatic hydroxyl groups is 1. The Hall–Kier alpha value is -0.370. The van der Waals surface area contributed by atoms with Crippen LogP contribution in [-0.4, -0.2) is 17.0 Å². The molecule has 1 aliphatic rings. The van der Waals surface area contributed by atoms with Crippen LogP contribution >= 0.6 is 0 Å². The number of ketones is 1. The summed E-state index contributed by atoms with van der Waals surface area (Å²) in [5.74, 6) is -0.0434. The molecule has 0 aliphatic heterocycles. The smallest absolute Gasteiger partial charge is 0.164 e. The number of Topliss-reactive ketones (excluding diaryl/α,β-unsaturated/α-hetero) is 1. The van der Waals surface area contributed by atoms with Crippen molar-refractivity contribution in [1.29, 1.82) is 0 Å². The standard InChI is InChI=1S/C12H22O2/c1-9(2)10(13)11(14)12(3)7-5-4-6-8-12/h9,11,14H,4-8H2,1-3H3. The predicted octanol–water partition coefficient (Wildman–Crippen LogP) is 2.54. The molecule has 1 aliphatic carbocycles. The van der Waals surface area contributed by atoms with Crippen LogP contribution < -0.4 is 0 Å². The summed E-state index contributed by atoms with van der Waals surface area (Å²) < 4.78 is 0. The molecule has 14 heavy (non-hydrogen) atoms. The zero-order chi connectivity index (χ0) is 10.8. The second-order valence-electron chi connectivity index (χ2n) is 5.17. The van der Waals surface area contributed by atoms with Gasteiger partial charge in [0.05, 0.1) is 0 Å². The van der Waals surface area contributed by atoms with E-state index < -0.39 is 6.10 Å². The lowest BCUT2D eigenvalue weighted by atomic mass is 9.69. The van der Waals surface area contributed by atoms with Crippen LogP contribution in [0.5, 0.6) is 0 Å². The van der Waals surface area contributed by atoms with Crippen molar-refractivity contribution in [3.8, 4) is 0 Å². The van der Waals surface area contributed by atoms with Crippen molar-refractivity contribution in [2.75, 3.05) is 0 Å². The largest absolute Gasteiger partial charge is 0.385 e. The molecular formula is C12H22O2. The third-order valence-corrected chi connectivity index (χ3v) is 3.49. The van der Waals surface area contributed by atoms with Gasteiger partial charge in [0.15, 0.2) is 5.78 Å². The van der Waals surface area contributed by atoms with Crippen LogP contribution in [-0.2, 0) is 4.79 Å². The van der Waals surface area contributed by atoms with Crippen molar-refractivity contribution in [3.05, 3.63) is 0 Å². The fourth-order valence-electron chi connectivity index (χ4n) is 2.29. The Bertz CT molecular complexity index is 202. The molecule has 1 saturated carbocycles. The Morgan fingerprint density at radius 3 is 2.14 bits per heavy atom. The maximum atomic E-state index is 11.7. The van der Waals surface area contributed by atoms with E-state index >= 15 is 0 Å². The Morgan fingerprint density at radius 2 is 1.71 bits per heavy atom. The highest BCUT2D eigenvalue weighted by Gasteiger charge is 2.38. The SMILES string of the molecule is CC(C)C(=O)C(O)C1(C)CCCCC1. The number of hydrogen-bond donors (Lipinski definition) is 1. The minimum Gasteiger partial charge on any atom is -0.385 e. The molecule has 2 heteroatoms. The van der Waals surface area contributed by atoms with E-state index in [9.17, 15) is 9.90 Å². The topological polar surface area (TPSA) is 37.3 Å². The Morgan fingerprint density at radius 1 is 1.21 bits per heavy atom. The van der Waals surface area contributed by atoms with E-state index in [1.54, 1.807) is 0 Å². The lowest BCUT2D eigenvalue weighted by Crippen LogP contribution is -2.42. The summed E-state index contributed by atoms with van der Waals surface area (Å²) in [6.07, 6.45) is 4.79. The highest BCUT2D eigenvalue weighted by Crippen LogP contribution is 2.39. The van der Waals surface area contributed by atoms with Crippen LogP contribution in [0.1, 0.15) is 52.9 Å². The molecule has 82 valence electrons. The third-order valence-electron chi connectivity index (χ3n) is 3.49. The number of aliphatic hydroxyl groups excluding tert-OH is 1. The number of carbonyl (C=O) groups is 1. The van der Waals surface area contributed by atoms with Crippen molar-refractivity contribution < 1.29 is 9.90 Å². The molecule has 2 nitrogen and oxygen atoms in total. The van der Waals surface area contributed by atoms with Crippen LogP contribution in [0.4, 0.5) is 0 Å². The molecule has 0 heterocycles. The first kappa shape index (κ1) is 11.7. The average Bonchev–Trinajstić information content (AvgIpc) is 2.16. The van der Waals surface area contributed by atoms with E-state index in [-0.39, 0.29) is 17.1 Å². The molecular weight excluding hydrogens is 176 g/mol. The maximum absolute atomic E-state index is 11.7. The zero-order valence-corrected chi connectivity index (χ0v) is 9.55. The van der Waals surface area contributed by atoms with E-state index in [2.05, 4.69) is 6.92 Å². The fraction of sp³-hybridized carbons (Fsp3) is 0.917. The summed E-state index contributed by atoms with van der Waals surface area (Å²) in [6.45, 7) is 5.77. The summed E-state index contributed by atoms with van der Waals surface area (Å²) in [7, 11) is 0. The quantitative estimate of drug-likeness (QED) is 0.756. The number of carbonyl (C=O) groups excluding carboxylic acids is 1. The molecule has 1 fully saturated rings. The minimum atomic E-state index is -0.747. The second kappa shape index (κ2) is 4.43. The molecule has 0 aromatic rings. The molecule has 0 radical (unpaired) electrons. The lowest BCUT2D eigenvalue weighted by molar-refractivity contribution is -0.138. The van der Waals surface area contributed by atoms with Gasteiger partial charge in [-0.1, -0.05) is 40.0 Å². The number of rotatable bonds is 3. The molecule has 0 saturated heterocycles. The van der Waals surface area contributed by atoms with Crippen LogP contribution in [0.15, 0.2) is 0 Å². The lowest BCUT2D eigenvalue weighted by Gasteiger charge is -2.37. The van der Waals surface area contributed by atoms with Gasteiger partial charge in [-0.15, -0.1) is 0 Å². The third kappa shape index (κ3) is 2.35. The molecule has 1 rings (SSSR count). The predicted molar refractivity (Wildman–Crippen MR) is 57.0 cm³/mol. The Labute approximate surface area is 86.7 Å². The van der Waals surface area contributed by atoms with Crippen LogP contribution in [0, 0.1) is 11.3 Å². The van der Waals surface area contributed by atoms with Gasteiger partial charge in [0.2, 0.25) is 0 Å². The minimum absolute atomic E-state index is 0.00870. The van der Waals surface area contributed by atoms with Gasteiger partial charge in [-0.25, -0.2) is 0 Å². The van der Waals surface area contributed by atoms with Gasteiger partial charge in [-0.3, -0.25) is 4.79 Å². The van der Waals surface area contributed by atoms with Crippen molar-refractivity contribution in [2.45, 2.75) is 59.0 Å². The van der Waals surface area contributed by atoms with Crippen molar-refractivity contribution in [1.82, 2.24) is 0 Å². The molecule has 1 unspecified atom stereocenters. The van der Waals surface area contributed by atoms with Gasteiger partial charge in [-0.05, 0) is 12.8 Å². The van der Waals surface area contributed by atoms with Gasteiger partial charge in [0, 0.05) is 11.3 Å². The van der Waals surface area contributed by atoms with E-state index in [4.69, 9.17) is 0 Å².